The number of hydrogen-bond acceptors (Lipinski definition) is 5. The first-order chi connectivity index (χ1) is 14.3. The summed E-state index contributed by atoms with van der Waals surface area (Å²) in [7, 11) is -4.56. The number of rotatable bonds is 5. The van der Waals surface area contributed by atoms with E-state index in [1.165, 1.54) is 6.07 Å². The van der Waals surface area contributed by atoms with Crippen LogP contribution in [0.5, 0.6) is 0 Å². The number of hydrogen-bond donors (Lipinski definition) is 2. The third-order valence-corrected chi connectivity index (χ3v) is 5.15. The summed E-state index contributed by atoms with van der Waals surface area (Å²) in [6, 6.07) is 23.5. The smallest absolute Gasteiger partial charge is 0.298 e. The largest absolute Gasteiger partial charge is 0.352 e. The molecular formula is C21H19FN4O3S. The van der Waals surface area contributed by atoms with Crippen LogP contribution in [-0.2, 0) is 10.3 Å². The number of hydrazine groups is 1. The van der Waals surface area contributed by atoms with E-state index in [0.29, 0.717) is 11.4 Å². The van der Waals surface area contributed by atoms with Gasteiger partial charge < -0.3 is 0 Å². The fourth-order valence-corrected chi connectivity index (χ4v) is 3.77. The van der Waals surface area contributed by atoms with Crippen LogP contribution in [-0.4, -0.2) is 30.1 Å². The molecule has 1 aliphatic rings. The van der Waals surface area contributed by atoms with Crippen LogP contribution >= 0.6 is 0 Å². The first-order valence-electron chi connectivity index (χ1n) is 9.16. The van der Waals surface area contributed by atoms with Gasteiger partial charge in [-0.25, -0.2) is 4.39 Å². The fourth-order valence-electron chi connectivity index (χ4n) is 3.34. The molecule has 3 aromatic carbocycles. The van der Waals surface area contributed by atoms with E-state index in [-0.39, 0.29) is 5.69 Å². The maximum Gasteiger partial charge on any atom is 0.352 e. The predicted octanol–water partition coefficient (Wildman–Crippen LogP) is 3.63. The summed E-state index contributed by atoms with van der Waals surface area (Å²) in [5.74, 6) is -0.143. The van der Waals surface area contributed by atoms with Gasteiger partial charge in [0.1, 0.15) is 12.0 Å². The zero-order chi connectivity index (χ0) is 21.3. The van der Waals surface area contributed by atoms with Crippen molar-refractivity contribution in [3.63, 3.8) is 0 Å². The van der Waals surface area contributed by atoms with Gasteiger partial charge in [0, 0.05) is 5.56 Å². The number of hydrazone groups is 1. The van der Waals surface area contributed by atoms with E-state index < -0.39 is 22.3 Å². The van der Waals surface area contributed by atoms with E-state index >= 15 is 0 Å². The summed E-state index contributed by atoms with van der Waals surface area (Å²) < 4.78 is 46.4. The zero-order valence-electron chi connectivity index (χ0n) is 16.0. The first-order valence-corrected chi connectivity index (χ1v) is 10.6. The van der Waals surface area contributed by atoms with Crippen molar-refractivity contribution in [1.29, 1.82) is 0 Å². The van der Waals surface area contributed by atoms with E-state index in [9.17, 15) is 17.4 Å². The fraction of sp³-hybridized carbons (Fsp3) is 0.0952. The van der Waals surface area contributed by atoms with Gasteiger partial charge in [0.25, 0.3) is 0 Å². The maximum atomic E-state index is 14.6. The molecule has 0 aromatic heterocycles. The van der Waals surface area contributed by atoms with Crippen molar-refractivity contribution in [2.24, 2.45) is 5.10 Å². The number of para-hydroxylation sites is 1. The lowest BCUT2D eigenvalue weighted by atomic mass is 10.0. The molecule has 9 heteroatoms. The molecule has 154 valence electrons. The lowest BCUT2D eigenvalue weighted by molar-refractivity contribution is 0.203. The molecule has 7 nitrogen and oxygen atoms in total. The Morgan fingerprint density at radius 2 is 1.47 bits per heavy atom. The molecule has 0 radical (unpaired) electrons. The number of nitrogens with zero attached hydrogens (tertiary/aromatic N) is 3. The van der Waals surface area contributed by atoms with E-state index in [1.54, 1.807) is 30.0 Å². The van der Waals surface area contributed by atoms with Gasteiger partial charge in [-0.15, -0.1) is 5.10 Å². The third-order valence-electron chi connectivity index (χ3n) is 4.73. The molecule has 2 N–H and O–H groups in total. The summed E-state index contributed by atoms with van der Waals surface area (Å²) in [6.45, 7) is 1.64. The Kier molecular flexibility index (Phi) is 5.25. The molecule has 0 aliphatic carbocycles. The molecule has 0 bridgehead atoms. The Hall–Kier alpha value is -3.27. The van der Waals surface area contributed by atoms with E-state index in [4.69, 9.17) is 0 Å². The quantitative estimate of drug-likeness (QED) is 0.609. The van der Waals surface area contributed by atoms with Gasteiger partial charge in [0.2, 0.25) is 0 Å². The van der Waals surface area contributed by atoms with Gasteiger partial charge in [-0.2, -0.15) is 13.5 Å². The maximum absolute atomic E-state index is 14.6. The Bertz CT molecular complexity index is 1180. The Balaban J connectivity index is 1.75. The molecule has 0 amide bonds. The van der Waals surface area contributed by atoms with Gasteiger partial charge in [-0.1, -0.05) is 71.6 Å². The van der Waals surface area contributed by atoms with Crippen molar-refractivity contribution in [2.45, 2.75) is 13.1 Å². The molecule has 0 saturated heterocycles. The van der Waals surface area contributed by atoms with Crippen molar-refractivity contribution in [3.05, 3.63) is 90.2 Å². The van der Waals surface area contributed by atoms with Gasteiger partial charge in [0.15, 0.2) is 5.84 Å². The normalized spacial score (nSPS) is 16.6. The van der Waals surface area contributed by atoms with Crippen molar-refractivity contribution in [1.82, 2.24) is 9.95 Å². The first kappa shape index (κ1) is 20.0. The van der Waals surface area contributed by atoms with Crippen LogP contribution in [0, 0.1) is 5.82 Å². The van der Waals surface area contributed by atoms with Gasteiger partial charge in [-0.05, 0) is 30.2 Å². The van der Waals surface area contributed by atoms with E-state index in [0.717, 1.165) is 16.2 Å². The molecule has 1 aliphatic heterocycles. The van der Waals surface area contributed by atoms with Crippen LogP contribution in [0.1, 0.15) is 12.5 Å². The van der Waals surface area contributed by atoms with Crippen LogP contribution in [0.3, 0.4) is 0 Å². The minimum Gasteiger partial charge on any atom is -0.298 e. The van der Waals surface area contributed by atoms with Gasteiger partial charge >= 0.3 is 10.3 Å². The van der Waals surface area contributed by atoms with Crippen molar-refractivity contribution >= 4 is 21.8 Å². The topological polar surface area (TPSA) is 85.2 Å². The number of benzene rings is 3. The molecule has 0 spiro atoms. The highest BCUT2D eigenvalue weighted by Gasteiger charge is 2.36. The molecule has 30 heavy (non-hydrogen) atoms. The number of nitrogens with one attached hydrogen (secondary N) is 1. The Morgan fingerprint density at radius 1 is 0.900 bits per heavy atom. The highest BCUT2D eigenvalue weighted by atomic mass is 32.2. The van der Waals surface area contributed by atoms with Crippen LogP contribution in [0.4, 0.5) is 10.1 Å². The zero-order valence-corrected chi connectivity index (χ0v) is 16.8. The van der Waals surface area contributed by atoms with Crippen LogP contribution in [0.15, 0.2) is 84.0 Å². The molecule has 0 fully saturated rings. The van der Waals surface area contributed by atoms with Crippen molar-refractivity contribution < 1.29 is 17.4 Å². The van der Waals surface area contributed by atoms with E-state index in [1.807, 2.05) is 59.4 Å². The average molecular weight is 426 g/mol. The monoisotopic (exact) mass is 426 g/mol. The highest BCUT2D eigenvalue weighted by Crippen LogP contribution is 2.30. The molecule has 4 rings (SSSR count). The molecule has 1 unspecified atom stereocenters. The Morgan fingerprint density at radius 3 is 2.10 bits per heavy atom. The van der Waals surface area contributed by atoms with Crippen molar-refractivity contribution in [2.75, 3.05) is 4.90 Å². The highest BCUT2D eigenvalue weighted by molar-refractivity contribution is 7.83. The summed E-state index contributed by atoms with van der Waals surface area (Å²) in [6.07, 6.45) is -0.729. The van der Waals surface area contributed by atoms with Crippen LogP contribution in [0.2, 0.25) is 0 Å². The SMILES string of the molecule is CC1N(NS(=O)(=O)O)N=C(c2ccc(-c3ccccc3)cc2)N1c1ccccc1F. The molecule has 0 saturated carbocycles. The summed E-state index contributed by atoms with van der Waals surface area (Å²) in [5, 5.41) is 5.26. The lowest BCUT2D eigenvalue weighted by Gasteiger charge is -2.28. The minimum absolute atomic E-state index is 0.232. The number of amidine groups is 1. The standard InChI is InChI=1S/C21H19FN4O3S/c1-15-25(20-10-6-5-9-19(20)22)21(23-26(15)24-30(27,28)29)18-13-11-17(12-14-18)16-7-3-2-4-8-16/h2-15,24H,1H3,(H,27,28,29). The van der Waals surface area contributed by atoms with Crippen molar-refractivity contribution in [3.8, 4) is 11.1 Å². The molecular weight excluding hydrogens is 407 g/mol. The van der Waals surface area contributed by atoms with Gasteiger partial charge in [0.05, 0.1) is 5.69 Å². The van der Waals surface area contributed by atoms with Crippen LogP contribution in [0.25, 0.3) is 11.1 Å². The predicted molar refractivity (Wildman–Crippen MR) is 113 cm³/mol. The second-order valence-corrected chi connectivity index (χ2v) is 7.86. The Labute approximate surface area is 173 Å². The summed E-state index contributed by atoms with van der Waals surface area (Å²) in [5.41, 5.74) is 2.93. The number of anilines is 1. The lowest BCUT2D eigenvalue weighted by Crippen LogP contribution is -2.47. The number of halogens is 1. The molecule has 1 atom stereocenters. The third kappa shape index (κ3) is 4.04. The second-order valence-electron chi connectivity index (χ2n) is 6.73. The van der Waals surface area contributed by atoms with Gasteiger partial charge in [-0.3, -0.25) is 9.45 Å². The molecule has 3 aromatic rings. The summed E-state index contributed by atoms with van der Waals surface area (Å²) in [4.78, 5) is 3.49. The van der Waals surface area contributed by atoms with E-state index in [2.05, 4.69) is 5.10 Å². The minimum atomic E-state index is -4.56. The average Bonchev–Trinajstić information content (AvgIpc) is 3.04. The summed E-state index contributed by atoms with van der Waals surface area (Å²) >= 11 is 0. The van der Waals surface area contributed by atoms with Crippen LogP contribution < -0.4 is 9.73 Å². The second kappa shape index (κ2) is 7.86. The molecule has 1 heterocycles.